The highest BCUT2D eigenvalue weighted by Crippen LogP contribution is 2.14. The van der Waals surface area contributed by atoms with Crippen LogP contribution in [-0.4, -0.2) is 32.0 Å². The van der Waals surface area contributed by atoms with Gasteiger partial charge >= 0.3 is 0 Å². The van der Waals surface area contributed by atoms with Crippen LogP contribution in [-0.2, 0) is 0 Å². The maximum absolute atomic E-state index is 12.4. The van der Waals surface area contributed by atoms with Crippen molar-refractivity contribution in [3.05, 3.63) is 53.3 Å². The molecule has 7 nitrogen and oxygen atoms in total. The van der Waals surface area contributed by atoms with Crippen LogP contribution in [0.3, 0.4) is 0 Å². The van der Waals surface area contributed by atoms with Crippen LogP contribution < -0.4 is 0 Å². The topological polar surface area (TPSA) is 101 Å². The van der Waals surface area contributed by atoms with Crippen molar-refractivity contribution in [2.45, 2.75) is 6.92 Å². The van der Waals surface area contributed by atoms with E-state index in [4.69, 9.17) is 5.21 Å². The van der Waals surface area contributed by atoms with E-state index in [1.54, 1.807) is 37.3 Å². The number of benzene rings is 1. The summed E-state index contributed by atoms with van der Waals surface area (Å²) in [7, 11) is 0. The van der Waals surface area contributed by atoms with Gasteiger partial charge in [0.25, 0.3) is 0 Å². The molecular formula is C14H10N4O3. The largest absolute Gasteiger partial charge is 0.410 e. The highest BCUT2D eigenvalue weighted by Gasteiger charge is 2.19. The van der Waals surface area contributed by atoms with E-state index in [1.807, 2.05) is 0 Å². The molecule has 0 unspecified atom stereocenters. The van der Waals surface area contributed by atoms with Crippen LogP contribution in [0.25, 0.3) is 11.0 Å². The number of carbonyl (C=O) groups excluding carboxylic acids is 1. The Morgan fingerprint density at radius 3 is 2.76 bits per heavy atom. The summed E-state index contributed by atoms with van der Waals surface area (Å²) < 4.78 is 4.58. The van der Waals surface area contributed by atoms with Crippen molar-refractivity contribution in [1.29, 1.82) is 0 Å². The first-order valence-corrected chi connectivity index (χ1v) is 6.12. The number of rotatable bonds is 3. The first-order chi connectivity index (χ1) is 10.2. The average molecular weight is 282 g/mol. The van der Waals surface area contributed by atoms with Gasteiger partial charge in [0.2, 0.25) is 5.78 Å². The average Bonchev–Trinajstić information content (AvgIpc) is 2.95. The summed E-state index contributed by atoms with van der Waals surface area (Å²) in [5.74, 6) is -0.458. The molecule has 2 aromatic heterocycles. The van der Waals surface area contributed by atoms with Crippen molar-refractivity contribution in [3.8, 4) is 0 Å². The molecule has 0 aliphatic rings. The molecule has 0 bridgehead atoms. The first-order valence-electron chi connectivity index (χ1n) is 6.12. The number of aromatic nitrogens is 3. The lowest BCUT2D eigenvalue weighted by atomic mass is 10.0. The van der Waals surface area contributed by atoms with Gasteiger partial charge in [-0.3, -0.25) is 9.78 Å². The molecule has 1 N–H and O–H groups in total. The zero-order valence-electron chi connectivity index (χ0n) is 11.0. The highest BCUT2D eigenvalue weighted by atomic mass is 16.6. The molecule has 0 atom stereocenters. The van der Waals surface area contributed by atoms with Gasteiger partial charge in [-0.05, 0) is 47.6 Å². The number of hydrogen-bond acceptors (Lipinski definition) is 7. The third-order valence-corrected chi connectivity index (χ3v) is 2.96. The number of pyridine rings is 1. The van der Waals surface area contributed by atoms with E-state index < -0.39 is 5.78 Å². The Hall–Kier alpha value is -3.09. The standard InChI is InChI=1S/C14H10N4O3/c1-8-3-2-4-11(15-8)13(16-20)14(19)9-5-6-10-12(7-9)18-21-17-10/h2-7,20H,1H3. The SMILES string of the molecule is Cc1cccc(C(=NO)C(=O)c2ccc3nonc3c2)n1. The number of ketones is 1. The zero-order chi connectivity index (χ0) is 14.8. The zero-order valence-corrected chi connectivity index (χ0v) is 11.0. The summed E-state index contributed by atoms with van der Waals surface area (Å²) >= 11 is 0. The third kappa shape index (κ3) is 2.36. The Morgan fingerprint density at radius 2 is 2.00 bits per heavy atom. The van der Waals surface area contributed by atoms with Crippen LogP contribution in [0.2, 0.25) is 0 Å². The molecule has 104 valence electrons. The Kier molecular flexibility index (Phi) is 3.15. The van der Waals surface area contributed by atoms with Gasteiger partial charge in [-0.15, -0.1) is 0 Å². The van der Waals surface area contributed by atoms with Crippen LogP contribution >= 0.6 is 0 Å². The van der Waals surface area contributed by atoms with Crippen molar-refractivity contribution in [2.75, 3.05) is 0 Å². The number of carbonyl (C=O) groups is 1. The summed E-state index contributed by atoms with van der Waals surface area (Å²) in [5.41, 5.74) is 2.21. The van der Waals surface area contributed by atoms with Crippen molar-refractivity contribution in [3.63, 3.8) is 0 Å². The van der Waals surface area contributed by atoms with Gasteiger partial charge in [0.05, 0.1) is 5.69 Å². The van der Waals surface area contributed by atoms with Crippen molar-refractivity contribution < 1.29 is 14.6 Å². The molecule has 3 aromatic rings. The van der Waals surface area contributed by atoms with Crippen LogP contribution in [0, 0.1) is 6.92 Å². The lowest BCUT2D eigenvalue weighted by molar-refractivity contribution is 0.106. The predicted molar refractivity (Wildman–Crippen MR) is 73.4 cm³/mol. The molecule has 0 fully saturated rings. The highest BCUT2D eigenvalue weighted by molar-refractivity contribution is 6.51. The van der Waals surface area contributed by atoms with E-state index in [-0.39, 0.29) is 5.71 Å². The second-order valence-corrected chi connectivity index (χ2v) is 4.41. The normalized spacial score (nSPS) is 11.8. The maximum atomic E-state index is 12.4. The minimum absolute atomic E-state index is 0.130. The fourth-order valence-corrected chi connectivity index (χ4v) is 1.95. The number of Topliss-reactive ketones (excluding diaryl/α,β-unsaturated/α-hetero) is 1. The number of nitrogens with zero attached hydrogens (tertiary/aromatic N) is 4. The van der Waals surface area contributed by atoms with Crippen molar-refractivity contribution >= 4 is 22.5 Å². The van der Waals surface area contributed by atoms with Gasteiger partial charge in [-0.25, -0.2) is 4.63 Å². The third-order valence-electron chi connectivity index (χ3n) is 2.96. The molecular weight excluding hydrogens is 272 g/mol. The fourth-order valence-electron chi connectivity index (χ4n) is 1.95. The van der Waals surface area contributed by atoms with E-state index in [9.17, 15) is 4.79 Å². The van der Waals surface area contributed by atoms with Crippen LogP contribution in [0.15, 0.2) is 46.2 Å². The number of oxime groups is 1. The molecule has 1 aromatic carbocycles. The first kappa shape index (κ1) is 12.9. The molecule has 3 rings (SSSR count). The molecule has 21 heavy (non-hydrogen) atoms. The van der Waals surface area contributed by atoms with Crippen LogP contribution in [0.5, 0.6) is 0 Å². The maximum Gasteiger partial charge on any atom is 0.217 e. The summed E-state index contributed by atoms with van der Waals surface area (Å²) in [5, 5.41) is 19.6. The minimum Gasteiger partial charge on any atom is -0.410 e. The quantitative estimate of drug-likeness (QED) is 0.341. The number of fused-ring (bicyclic) bond motifs is 1. The van der Waals surface area contributed by atoms with Gasteiger partial charge < -0.3 is 5.21 Å². The van der Waals surface area contributed by atoms with Gasteiger partial charge in [0.1, 0.15) is 11.0 Å². The Morgan fingerprint density at radius 1 is 1.19 bits per heavy atom. The fraction of sp³-hybridized carbons (Fsp3) is 0.0714. The molecule has 0 spiro atoms. The van der Waals surface area contributed by atoms with Gasteiger partial charge in [-0.2, -0.15) is 0 Å². The Bertz CT molecular complexity index is 854. The lowest BCUT2D eigenvalue weighted by Gasteiger charge is -2.04. The van der Waals surface area contributed by atoms with E-state index in [2.05, 4.69) is 25.1 Å². The Balaban J connectivity index is 2.02. The molecule has 0 radical (unpaired) electrons. The lowest BCUT2D eigenvalue weighted by Crippen LogP contribution is -2.17. The van der Waals surface area contributed by atoms with E-state index in [1.165, 1.54) is 6.07 Å². The van der Waals surface area contributed by atoms with Crippen LogP contribution in [0.4, 0.5) is 0 Å². The van der Waals surface area contributed by atoms with E-state index >= 15 is 0 Å². The second kappa shape index (κ2) is 5.12. The predicted octanol–water partition coefficient (Wildman–Crippen LogP) is 1.99. The molecule has 0 amide bonds. The molecule has 0 saturated heterocycles. The summed E-state index contributed by atoms with van der Waals surface area (Å²) in [6.45, 7) is 1.79. The van der Waals surface area contributed by atoms with Gasteiger partial charge in [0.15, 0.2) is 5.71 Å². The van der Waals surface area contributed by atoms with Crippen molar-refractivity contribution in [1.82, 2.24) is 15.3 Å². The van der Waals surface area contributed by atoms with Gasteiger partial charge in [0, 0.05) is 11.3 Å². The van der Waals surface area contributed by atoms with E-state index in [0.29, 0.717) is 22.3 Å². The number of aryl methyl sites for hydroxylation is 1. The minimum atomic E-state index is -0.458. The molecule has 0 aliphatic heterocycles. The summed E-state index contributed by atoms with van der Waals surface area (Å²) in [6, 6.07) is 9.83. The molecule has 0 aliphatic carbocycles. The molecule has 7 heteroatoms. The summed E-state index contributed by atoms with van der Waals surface area (Å²) in [6.07, 6.45) is 0. The summed E-state index contributed by atoms with van der Waals surface area (Å²) in [4.78, 5) is 16.6. The molecule has 2 heterocycles. The second-order valence-electron chi connectivity index (χ2n) is 4.41. The van der Waals surface area contributed by atoms with E-state index in [0.717, 1.165) is 5.69 Å². The van der Waals surface area contributed by atoms with Crippen molar-refractivity contribution in [2.24, 2.45) is 5.16 Å². The van der Waals surface area contributed by atoms with Gasteiger partial charge in [-0.1, -0.05) is 11.2 Å². The smallest absolute Gasteiger partial charge is 0.217 e. The van der Waals surface area contributed by atoms with Crippen LogP contribution in [0.1, 0.15) is 21.7 Å². The monoisotopic (exact) mass is 282 g/mol. The molecule has 0 saturated carbocycles. The Labute approximate surface area is 118 Å². The number of hydrogen-bond donors (Lipinski definition) is 1.